The van der Waals surface area contributed by atoms with Crippen LogP contribution in [0.25, 0.3) is 33.9 Å². The number of anilines is 2. The number of hydrazine groups is 1. The van der Waals surface area contributed by atoms with E-state index in [1.165, 1.54) is 5.46 Å². The number of para-hydroxylation sites is 2. The second-order valence-corrected chi connectivity index (χ2v) is 12.4. The molecule has 1 aromatic heterocycles. The first kappa shape index (κ1) is 28.9. The van der Waals surface area contributed by atoms with Crippen molar-refractivity contribution in [3.05, 3.63) is 176 Å². The van der Waals surface area contributed by atoms with Gasteiger partial charge in [0.1, 0.15) is 5.72 Å². The largest absolute Gasteiger partial charge is 0.411 e. The normalized spacial score (nSPS) is 12.9. The van der Waals surface area contributed by atoms with Gasteiger partial charge in [0.15, 0.2) is 11.6 Å². The molecule has 0 unspecified atom stereocenters. The monoisotopic (exact) mass is 621 g/mol. The van der Waals surface area contributed by atoms with Gasteiger partial charge in [0.05, 0.1) is 0 Å². The van der Waals surface area contributed by atoms with Gasteiger partial charge in [-0.15, -0.1) is 0 Å². The molecule has 1 fully saturated rings. The minimum Gasteiger partial charge on any atom is -0.322 e. The van der Waals surface area contributed by atoms with Crippen LogP contribution >= 0.6 is 11.5 Å². The average Bonchev–Trinajstić information content (AvgIpc) is 3.57. The summed E-state index contributed by atoms with van der Waals surface area (Å²) < 4.78 is 0. The van der Waals surface area contributed by atoms with Crippen LogP contribution in [0.3, 0.4) is 0 Å². The van der Waals surface area contributed by atoms with Crippen molar-refractivity contribution in [2.24, 2.45) is 0 Å². The van der Waals surface area contributed by atoms with Crippen molar-refractivity contribution < 1.29 is 0 Å². The highest BCUT2D eigenvalue weighted by atomic mass is 32.2. The van der Waals surface area contributed by atoms with Gasteiger partial charge in [-0.25, -0.2) is 15.0 Å². The average molecular weight is 621 g/mol. The van der Waals surface area contributed by atoms with Crippen molar-refractivity contribution in [2.45, 2.75) is 0 Å². The molecule has 0 atom stereocenters. The summed E-state index contributed by atoms with van der Waals surface area (Å²) in [4.78, 5) is 20.3. The van der Waals surface area contributed by atoms with Gasteiger partial charge in [0, 0.05) is 22.5 Å². The first-order valence-corrected chi connectivity index (χ1v) is 16.6. The van der Waals surface area contributed by atoms with Crippen LogP contribution in [0.5, 0.6) is 0 Å². The Bertz CT molecular complexity index is 2090. The van der Waals surface area contributed by atoms with Crippen LogP contribution in [0.1, 0.15) is 0 Å². The van der Waals surface area contributed by atoms with Crippen molar-refractivity contribution >= 4 is 46.3 Å². The van der Waals surface area contributed by atoms with Crippen molar-refractivity contribution in [2.75, 3.05) is 9.84 Å². The van der Waals surface area contributed by atoms with E-state index in [1.54, 1.807) is 0 Å². The highest BCUT2D eigenvalue weighted by Gasteiger charge is 2.50. The van der Waals surface area contributed by atoms with Gasteiger partial charge in [0.2, 0.25) is 0 Å². The third kappa shape index (κ3) is 5.91. The summed E-state index contributed by atoms with van der Waals surface area (Å²) in [6, 6.07) is 60.8. The lowest BCUT2D eigenvalue weighted by Gasteiger charge is -2.36. The molecule has 6 aromatic carbocycles. The first-order valence-electron chi connectivity index (χ1n) is 15.7. The van der Waals surface area contributed by atoms with E-state index < -0.39 is 0 Å². The van der Waals surface area contributed by atoms with E-state index in [1.807, 2.05) is 35.7 Å². The maximum atomic E-state index is 5.27. The molecule has 47 heavy (non-hydrogen) atoms. The number of hydrogen-bond donors (Lipinski definition) is 0. The van der Waals surface area contributed by atoms with E-state index >= 15 is 0 Å². The highest BCUT2D eigenvalue weighted by molar-refractivity contribution is 8.48. The molecule has 0 aliphatic carbocycles. The Labute approximate surface area is 280 Å². The number of nitrogens with zero attached hydrogens (tertiary/aromatic N) is 5. The maximum absolute atomic E-state index is 5.27. The summed E-state index contributed by atoms with van der Waals surface area (Å²) in [5, 5.41) is 0. The predicted octanol–water partition coefficient (Wildman–Crippen LogP) is 7.64. The molecule has 8 heteroatoms. The van der Waals surface area contributed by atoms with E-state index in [4.69, 9.17) is 15.0 Å². The summed E-state index contributed by atoms with van der Waals surface area (Å²) in [6.45, 7) is 0. The first-order chi connectivity index (χ1) is 23.3. The molecule has 5 nitrogen and oxygen atoms in total. The Balaban J connectivity index is 1.32. The van der Waals surface area contributed by atoms with Crippen LogP contribution < -0.4 is 21.0 Å². The van der Waals surface area contributed by atoms with E-state index in [-0.39, 0.29) is 12.3 Å². The second kappa shape index (κ2) is 13.0. The topological polar surface area (TPSA) is 45.2 Å². The Hall–Kier alpha value is -5.59. The Morgan fingerprint density at radius 3 is 1.43 bits per heavy atom. The highest BCUT2D eigenvalue weighted by Crippen LogP contribution is 2.37. The van der Waals surface area contributed by atoms with Gasteiger partial charge in [-0.05, 0) is 46.9 Å². The summed E-state index contributed by atoms with van der Waals surface area (Å²) in [7, 11) is 0. The van der Waals surface area contributed by atoms with Crippen molar-refractivity contribution in [1.82, 2.24) is 15.0 Å². The van der Waals surface area contributed by atoms with Gasteiger partial charge in [0.25, 0.3) is 0 Å². The summed E-state index contributed by atoms with van der Waals surface area (Å²) >= 11 is 1.83. The molecule has 0 bridgehead atoms. The fourth-order valence-electron chi connectivity index (χ4n) is 5.97. The Morgan fingerprint density at radius 2 is 0.830 bits per heavy atom. The molecule has 1 aliphatic rings. The number of rotatable bonds is 7. The van der Waals surface area contributed by atoms with Gasteiger partial charge >= 0.3 is 12.3 Å². The van der Waals surface area contributed by atoms with Gasteiger partial charge in [-0.3, -0.25) is 0 Å². The van der Waals surface area contributed by atoms with Crippen LogP contribution in [-0.4, -0.2) is 27.2 Å². The van der Waals surface area contributed by atoms with E-state index in [0.29, 0.717) is 17.4 Å². The molecule has 1 aliphatic heterocycles. The van der Waals surface area contributed by atoms with Crippen LogP contribution in [0.15, 0.2) is 176 Å². The quantitative estimate of drug-likeness (QED) is 0.171. The molecular weight excluding hydrogens is 592 g/mol. The fraction of sp³-hybridized carbons (Fsp3) is 0. The van der Waals surface area contributed by atoms with E-state index in [0.717, 1.165) is 33.6 Å². The molecule has 0 radical (unpaired) electrons. The molecule has 0 amide bonds. The molecule has 7 aromatic rings. The number of aromatic nitrogens is 3. The summed E-state index contributed by atoms with van der Waals surface area (Å²) in [5.74, 6) is 1.30. The standard InChI is InChI=1S/C39H29B2N5S/c1-6-17-30(18-7-1)32-21-16-22-33(29-32)38-42-37(31-19-8-2-9-20-31)43-39(44-38)41-46(36-27-14-5-15-28-36)45(35-25-12-4-13-26-35)40(47-41)34-23-10-3-11-24-34/h1-29H. The molecule has 222 valence electrons. The molecular formula is C39H29B2N5S. The lowest BCUT2D eigenvalue weighted by Crippen LogP contribution is -2.55. The zero-order valence-electron chi connectivity index (χ0n) is 25.5. The molecule has 2 heterocycles. The van der Waals surface area contributed by atoms with Crippen LogP contribution in [-0.2, 0) is 0 Å². The zero-order chi connectivity index (χ0) is 31.4. The molecule has 0 N–H and O–H groups in total. The Kier molecular flexibility index (Phi) is 8.00. The molecule has 1 saturated heterocycles. The third-order valence-corrected chi connectivity index (χ3v) is 9.59. The van der Waals surface area contributed by atoms with E-state index in [2.05, 4.69) is 161 Å². The lowest BCUT2D eigenvalue weighted by molar-refractivity contribution is 1.08. The fourth-order valence-corrected chi connectivity index (χ4v) is 7.43. The minimum absolute atomic E-state index is 0.0226. The van der Waals surface area contributed by atoms with Gasteiger partial charge in [-0.1, -0.05) is 146 Å². The van der Waals surface area contributed by atoms with Gasteiger partial charge < -0.3 is 9.84 Å². The summed E-state index contributed by atoms with van der Waals surface area (Å²) in [5.41, 5.74) is 8.22. The molecule has 8 rings (SSSR count). The minimum atomic E-state index is -0.246. The number of benzene rings is 6. The zero-order valence-corrected chi connectivity index (χ0v) is 26.4. The van der Waals surface area contributed by atoms with Crippen molar-refractivity contribution in [1.29, 1.82) is 0 Å². The SMILES string of the molecule is c1ccc(B2SB(c3nc(-c4ccccc4)nc(-c4cccc(-c5ccccc5)c4)n3)N(c3ccccc3)N2c2ccccc2)cc1. The van der Waals surface area contributed by atoms with E-state index in [9.17, 15) is 0 Å². The van der Waals surface area contributed by atoms with Crippen LogP contribution in [0.4, 0.5) is 11.4 Å². The molecule has 0 spiro atoms. The Morgan fingerprint density at radius 1 is 0.383 bits per heavy atom. The molecule has 0 saturated carbocycles. The predicted molar refractivity (Wildman–Crippen MR) is 199 cm³/mol. The summed E-state index contributed by atoms with van der Waals surface area (Å²) in [6.07, 6.45) is -0.269. The smallest absolute Gasteiger partial charge is 0.322 e. The van der Waals surface area contributed by atoms with Gasteiger partial charge in [-0.2, -0.15) is 11.5 Å². The van der Waals surface area contributed by atoms with Crippen molar-refractivity contribution in [3.8, 4) is 33.9 Å². The lowest BCUT2D eigenvalue weighted by atomic mass is 9.78. The maximum Gasteiger partial charge on any atom is 0.411 e. The third-order valence-electron chi connectivity index (χ3n) is 8.19. The number of hydrogen-bond acceptors (Lipinski definition) is 6. The second-order valence-electron chi connectivity index (χ2n) is 11.3. The van der Waals surface area contributed by atoms with Crippen molar-refractivity contribution in [3.63, 3.8) is 0 Å². The van der Waals surface area contributed by atoms with Crippen LogP contribution in [0.2, 0.25) is 0 Å². The van der Waals surface area contributed by atoms with Crippen LogP contribution in [0, 0.1) is 0 Å².